The first-order valence-electron chi connectivity index (χ1n) is 4.76. The lowest BCUT2D eigenvalue weighted by molar-refractivity contribution is 0.724. The minimum Gasteiger partial charge on any atom is -0.272 e. The van der Waals surface area contributed by atoms with Crippen LogP contribution in [0.5, 0.6) is 0 Å². The maximum Gasteiger partial charge on any atom is 0.0994 e. The molecule has 0 amide bonds. The summed E-state index contributed by atoms with van der Waals surface area (Å²) < 4.78 is 1.83. The molecular formula is C12H11N3. The maximum atomic E-state index is 8.94. The molecule has 0 unspecified atom stereocenters. The lowest BCUT2D eigenvalue weighted by atomic mass is 10.0. The second-order valence-electron chi connectivity index (χ2n) is 3.39. The molecular weight excluding hydrogens is 186 g/mol. The monoisotopic (exact) mass is 197 g/mol. The molecule has 3 heteroatoms. The molecule has 0 aliphatic carbocycles. The summed E-state index contributed by atoms with van der Waals surface area (Å²) in [6.45, 7) is 0. The summed E-state index contributed by atoms with van der Waals surface area (Å²) in [5.74, 6) is 0. The van der Waals surface area contributed by atoms with Gasteiger partial charge in [-0.2, -0.15) is 10.4 Å². The largest absolute Gasteiger partial charge is 0.272 e. The van der Waals surface area contributed by atoms with E-state index in [4.69, 9.17) is 5.26 Å². The van der Waals surface area contributed by atoms with Gasteiger partial charge < -0.3 is 0 Å². The second kappa shape index (κ2) is 3.97. The van der Waals surface area contributed by atoms with Gasteiger partial charge in [-0.1, -0.05) is 18.2 Å². The Morgan fingerprint density at radius 1 is 1.33 bits per heavy atom. The van der Waals surface area contributed by atoms with Crippen molar-refractivity contribution in [1.82, 2.24) is 9.78 Å². The van der Waals surface area contributed by atoms with Crippen LogP contribution in [0.1, 0.15) is 16.8 Å². The van der Waals surface area contributed by atoms with E-state index < -0.39 is 0 Å². The number of aromatic nitrogens is 2. The molecule has 0 spiro atoms. The Labute approximate surface area is 88.6 Å². The molecule has 2 rings (SSSR count). The predicted octanol–water partition coefficient (Wildman–Crippen LogP) is 1.88. The molecule has 1 heterocycles. The van der Waals surface area contributed by atoms with Crippen LogP contribution in [0, 0.1) is 11.3 Å². The highest BCUT2D eigenvalue weighted by Gasteiger charge is 2.04. The quantitative estimate of drug-likeness (QED) is 0.737. The molecule has 1 aromatic heterocycles. The van der Waals surface area contributed by atoms with Crippen LogP contribution in [0.25, 0.3) is 0 Å². The number of hydrogen-bond donors (Lipinski definition) is 0. The van der Waals surface area contributed by atoms with E-state index in [1.807, 2.05) is 42.1 Å². The molecule has 0 aliphatic rings. The first-order valence-corrected chi connectivity index (χ1v) is 4.76. The third-order valence-electron chi connectivity index (χ3n) is 2.43. The van der Waals surface area contributed by atoms with E-state index in [9.17, 15) is 0 Å². The predicted molar refractivity (Wildman–Crippen MR) is 57.2 cm³/mol. The van der Waals surface area contributed by atoms with E-state index in [1.54, 1.807) is 6.20 Å². The second-order valence-corrected chi connectivity index (χ2v) is 3.39. The number of nitrogens with zero attached hydrogens (tertiary/aromatic N) is 3. The molecule has 0 aliphatic heterocycles. The molecule has 0 fully saturated rings. The SMILES string of the molecule is Cn1nccc1Cc1ccccc1C#N. The first-order chi connectivity index (χ1) is 7.31. The number of benzene rings is 1. The van der Waals surface area contributed by atoms with Crippen LogP contribution < -0.4 is 0 Å². The Morgan fingerprint density at radius 3 is 2.80 bits per heavy atom. The van der Waals surface area contributed by atoms with Gasteiger partial charge in [-0.25, -0.2) is 0 Å². The van der Waals surface area contributed by atoms with Crippen LogP contribution in [0.15, 0.2) is 36.5 Å². The van der Waals surface area contributed by atoms with E-state index in [-0.39, 0.29) is 0 Å². The van der Waals surface area contributed by atoms with Gasteiger partial charge in [-0.15, -0.1) is 0 Å². The summed E-state index contributed by atoms with van der Waals surface area (Å²) in [5.41, 5.74) is 2.89. The van der Waals surface area contributed by atoms with Crippen LogP contribution in [-0.2, 0) is 13.5 Å². The van der Waals surface area contributed by atoms with E-state index >= 15 is 0 Å². The number of aryl methyl sites for hydroxylation is 1. The van der Waals surface area contributed by atoms with E-state index in [0.717, 1.165) is 23.2 Å². The zero-order valence-corrected chi connectivity index (χ0v) is 8.51. The first kappa shape index (κ1) is 9.47. The molecule has 15 heavy (non-hydrogen) atoms. The Balaban J connectivity index is 2.33. The van der Waals surface area contributed by atoms with Gasteiger partial charge in [-0.3, -0.25) is 4.68 Å². The summed E-state index contributed by atoms with van der Waals surface area (Å²) in [5, 5.41) is 13.0. The van der Waals surface area contributed by atoms with E-state index in [1.165, 1.54) is 0 Å². The average molecular weight is 197 g/mol. The van der Waals surface area contributed by atoms with Crippen LogP contribution in [0.3, 0.4) is 0 Å². The summed E-state index contributed by atoms with van der Waals surface area (Å²) in [6.07, 6.45) is 2.52. The van der Waals surface area contributed by atoms with Gasteiger partial charge in [0.05, 0.1) is 11.6 Å². The number of hydrogen-bond acceptors (Lipinski definition) is 2. The van der Waals surface area contributed by atoms with Crippen LogP contribution >= 0.6 is 0 Å². The summed E-state index contributed by atoms with van der Waals surface area (Å²) in [7, 11) is 1.91. The standard InChI is InChI=1S/C12H11N3/c1-15-12(6-7-14-15)8-10-4-2-3-5-11(10)9-13/h2-7H,8H2,1H3. The van der Waals surface area contributed by atoms with E-state index in [2.05, 4.69) is 11.2 Å². The molecule has 3 nitrogen and oxygen atoms in total. The van der Waals surface area contributed by atoms with Crippen LogP contribution in [0.4, 0.5) is 0 Å². The lowest BCUT2D eigenvalue weighted by Crippen LogP contribution is -2.00. The molecule has 0 saturated carbocycles. The Hall–Kier alpha value is -2.08. The van der Waals surface area contributed by atoms with Gasteiger partial charge in [0, 0.05) is 25.4 Å². The molecule has 74 valence electrons. The fourth-order valence-electron chi connectivity index (χ4n) is 1.55. The van der Waals surface area contributed by atoms with Gasteiger partial charge in [0.1, 0.15) is 0 Å². The highest BCUT2D eigenvalue weighted by atomic mass is 15.2. The van der Waals surface area contributed by atoms with Gasteiger partial charge in [0.15, 0.2) is 0 Å². The van der Waals surface area contributed by atoms with Crippen LogP contribution in [0.2, 0.25) is 0 Å². The van der Waals surface area contributed by atoms with Crippen molar-refractivity contribution in [2.75, 3.05) is 0 Å². The van der Waals surface area contributed by atoms with Crippen molar-refractivity contribution < 1.29 is 0 Å². The summed E-state index contributed by atoms with van der Waals surface area (Å²) in [4.78, 5) is 0. The Bertz CT molecular complexity index is 506. The van der Waals surface area contributed by atoms with Crippen molar-refractivity contribution in [3.05, 3.63) is 53.3 Å². The van der Waals surface area contributed by atoms with Crippen LogP contribution in [-0.4, -0.2) is 9.78 Å². The molecule has 0 atom stereocenters. The van der Waals surface area contributed by atoms with E-state index in [0.29, 0.717) is 0 Å². The summed E-state index contributed by atoms with van der Waals surface area (Å²) >= 11 is 0. The highest BCUT2D eigenvalue weighted by Crippen LogP contribution is 2.12. The molecule has 1 aromatic carbocycles. The molecule has 0 radical (unpaired) electrons. The minimum atomic E-state index is 0.735. The van der Waals surface area contributed by atoms with Gasteiger partial charge in [0.25, 0.3) is 0 Å². The zero-order valence-electron chi connectivity index (χ0n) is 8.51. The van der Waals surface area contributed by atoms with Crippen molar-refractivity contribution in [3.8, 4) is 6.07 Å². The smallest absolute Gasteiger partial charge is 0.0994 e. The number of nitriles is 1. The van der Waals surface area contributed by atoms with Crippen molar-refractivity contribution >= 4 is 0 Å². The Morgan fingerprint density at radius 2 is 2.13 bits per heavy atom. The van der Waals surface area contributed by atoms with Gasteiger partial charge in [0.2, 0.25) is 0 Å². The van der Waals surface area contributed by atoms with Crippen molar-refractivity contribution in [2.45, 2.75) is 6.42 Å². The van der Waals surface area contributed by atoms with Crippen molar-refractivity contribution in [3.63, 3.8) is 0 Å². The van der Waals surface area contributed by atoms with Gasteiger partial charge in [-0.05, 0) is 17.7 Å². The highest BCUT2D eigenvalue weighted by molar-refractivity contribution is 5.39. The Kier molecular flexibility index (Phi) is 2.51. The fraction of sp³-hybridized carbons (Fsp3) is 0.167. The number of rotatable bonds is 2. The third-order valence-corrected chi connectivity index (χ3v) is 2.43. The summed E-state index contributed by atoms with van der Waals surface area (Å²) in [6, 6.07) is 11.8. The van der Waals surface area contributed by atoms with Crippen molar-refractivity contribution in [2.24, 2.45) is 7.05 Å². The molecule has 0 N–H and O–H groups in total. The zero-order chi connectivity index (χ0) is 10.7. The molecule has 0 saturated heterocycles. The molecule has 0 bridgehead atoms. The van der Waals surface area contributed by atoms with Crippen molar-refractivity contribution in [1.29, 1.82) is 5.26 Å². The van der Waals surface area contributed by atoms with Gasteiger partial charge >= 0.3 is 0 Å². The lowest BCUT2D eigenvalue weighted by Gasteiger charge is -2.03. The maximum absolute atomic E-state index is 8.94. The normalized spacial score (nSPS) is 9.87. The molecule has 2 aromatic rings. The minimum absolute atomic E-state index is 0.735. The topological polar surface area (TPSA) is 41.6 Å². The fourth-order valence-corrected chi connectivity index (χ4v) is 1.55. The third kappa shape index (κ3) is 1.89. The average Bonchev–Trinajstić information content (AvgIpc) is 2.65.